The molecule has 2 aromatic rings. The number of hydrazone groups is 1. The number of allylic oxidation sites excluding steroid dienone is 1. The summed E-state index contributed by atoms with van der Waals surface area (Å²) in [4.78, 5) is 10.1. The number of rotatable bonds is 4. The first-order valence-electron chi connectivity index (χ1n) is 6.98. The Hall–Kier alpha value is -3.21. The standard InChI is InChI=1S/C14H13N5O5S/c1-10-9-25(22,23)6-5-18(10)15-7-11-8-17(2)16-14(11)12-3-4-13(24-12)19(20)21/h3-9H,1-2H3/b15-7+. The molecule has 0 aliphatic carbocycles. The summed E-state index contributed by atoms with van der Waals surface area (Å²) in [5.74, 6) is -0.149. The molecular weight excluding hydrogens is 350 g/mol. The fourth-order valence-electron chi connectivity index (χ4n) is 2.19. The van der Waals surface area contributed by atoms with E-state index in [2.05, 4.69) is 10.2 Å². The fraction of sp³-hybridized carbons (Fsp3) is 0.143. The van der Waals surface area contributed by atoms with Crippen molar-refractivity contribution in [3.8, 4) is 11.5 Å². The van der Waals surface area contributed by atoms with E-state index >= 15 is 0 Å². The summed E-state index contributed by atoms with van der Waals surface area (Å²) in [5.41, 5.74) is 1.37. The quantitative estimate of drug-likeness (QED) is 0.462. The van der Waals surface area contributed by atoms with Gasteiger partial charge >= 0.3 is 5.88 Å². The summed E-state index contributed by atoms with van der Waals surface area (Å²) >= 11 is 0. The number of hydrogen-bond donors (Lipinski definition) is 0. The number of nitrogens with zero attached hydrogens (tertiary/aromatic N) is 5. The van der Waals surface area contributed by atoms with Gasteiger partial charge in [-0.05, 0) is 13.0 Å². The fourth-order valence-corrected chi connectivity index (χ4v) is 3.14. The smallest absolute Gasteiger partial charge is 0.399 e. The van der Waals surface area contributed by atoms with Crippen LogP contribution in [-0.2, 0) is 16.9 Å². The lowest BCUT2D eigenvalue weighted by atomic mass is 10.2. The lowest BCUT2D eigenvalue weighted by molar-refractivity contribution is -0.401. The van der Waals surface area contributed by atoms with Gasteiger partial charge in [0.25, 0.3) is 0 Å². The van der Waals surface area contributed by atoms with Crippen LogP contribution in [0.15, 0.2) is 50.6 Å². The van der Waals surface area contributed by atoms with E-state index < -0.39 is 14.8 Å². The van der Waals surface area contributed by atoms with Crippen LogP contribution in [0.25, 0.3) is 11.5 Å². The minimum atomic E-state index is -3.35. The molecule has 0 unspecified atom stereocenters. The number of aryl methyl sites for hydroxylation is 1. The molecule has 0 N–H and O–H groups in total. The van der Waals surface area contributed by atoms with Gasteiger partial charge < -0.3 is 4.42 Å². The predicted molar refractivity (Wildman–Crippen MR) is 88.8 cm³/mol. The molecular formula is C14H13N5O5S. The number of hydrogen-bond acceptors (Lipinski definition) is 8. The Kier molecular flexibility index (Phi) is 4.00. The zero-order chi connectivity index (χ0) is 18.2. The van der Waals surface area contributed by atoms with Crippen LogP contribution in [0.3, 0.4) is 0 Å². The van der Waals surface area contributed by atoms with Gasteiger partial charge in [-0.3, -0.25) is 14.8 Å². The Balaban J connectivity index is 1.91. The maximum atomic E-state index is 11.5. The van der Waals surface area contributed by atoms with E-state index in [0.717, 1.165) is 10.8 Å². The van der Waals surface area contributed by atoms with Crippen molar-refractivity contribution in [1.82, 2.24) is 14.8 Å². The predicted octanol–water partition coefficient (Wildman–Crippen LogP) is 1.99. The van der Waals surface area contributed by atoms with Gasteiger partial charge in [-0.2, -0.15) is 10.2 Å². The first-order chi connectivity index (χ1) is 11.7. The van der Waals surface area contributed by atoms with Crippen LogP contribution in [-0.4, -0.2) is 34.3 Å². The first kappa shape index (κ1) is 16.6. The highest BCUT2D eigenvalue weighted by molar-refractivity contribution is 7.97. The van der Waals surface area contributed by atoms with Crippen LogP contribution in [0.1, 0.15) is 12.5 Å². The van der Waals surface area contributed by atoms with E-state index in [9.17, 15) is 18.5 Å². The third kappa shape index (κ3) is 3.50. The van der Waals surface area contributed by atoms with Crippen molar-refractivity contribution in [2.24, 2.45) is 12.1 Å². The average molecular weight is 363 g/mol. The molecule has 130 valence electrons. The molecule has 0 aromatic carbocycles. The Morgan fingerprint density at radius 2 is 2.16 bits per heavy atom. The summed E-state index contributed by atoms with van der Waals surface area (Å²) in [5, 5.41) is 22.7. The van der Waals surface area contributed by atoms with Crippen molar-refractivity contribution in [1.29, 1.82) is 0 Å². The number of sulfone groups is 1. The molecule has 0 spiro atoms. The third-order valence-corrected chi connectivity index (χ3v) is 4.44. The molecule has 11 heteroatoms. The highest BCUT2D eigenvalue weighted by atomic mass is 32.2. The van der Waals surface area contributed by atoms with Crippen molar-refractivity contribution in [3.63, 3.8) is 0 Å². The van der Waals surface area contributed by atoms with Gasteiger partial charge in [0.05, 0.1) is 28.8 Å². The maximum absolute atomic E-state index is 11.5. The van der Waals surface area contributed by atoms with Crippen LogP contribution < -0.4 is 0 Å². The second kappa shape index (κ2) is 6.02. The van der Waals surface area contributed by atoms with Crippen molar-refractivity contribution in [2.45, 2.75) is 6.92 Å². The van der Waals surface area contributed by atoms with Gasteiger partial charge in [-0.1, -0.05) is 0 Å². The number of furan rings is 1. The highest BCUT2D eigenvalue weighted by Gasteiger charge is 2.18. The lowest BCUT2D eigenvalue weighted by Gasteiger charge is -2.17. The number of nitro groups is 1. The molecule has 0 fully saturated rings. The summed E-state index contributed by atoms with van der Waals surface area (Å²) in [6.07, 6.45) is 4.46. The summed E-state index contributed by atoms with van der Waals surface area (Å²) in [7, 11) is -1.66. The Bertz CT molecular complexity index is 1030. The summed E-state index contributed by atoms with van der Waals surface area (Å²) in [6.45, 7) is 1.61. The van der Waals surface area contributed by atoms with E-state index in [1.165, 1.54) is 34.2 Å². The van der Waals surface area contributed by atoms with E-state index in [-0.39, 0.29) is 11.6 Å². The Morgan fingerprint density at radius 3 is 2.80 bits per heavy atom. The molecule has 0 saturated heterocycles. The zero-order valence-electron chi connectivity index (χ0n) is 13.2. The summed E-state index contributed by atoms with van der Waals surface area (Å²) in [6, 6.07) is 2.70. The molecule has 1 aliphatic rings. The maximum Gasteiger partial charge on any atom is 0.433 e. The van der Waals surface area contributed by atoms with Gasteiger partial charge in [0.1, 0.15) is 10.6 Å². The molecule has 0 radical (unpaired) electrons. The minimum Gasteiger partial charge on any atom is -0.399 e. The average Bonchev–Trinajstić information content (AvgIpc) is 3.12. The Labute approximate surface area is 142 Å². The second-order valence-electron chi connectivity index (χ2n) is 5.22. The lowest BCUT2D eigenvalue weighted by Crippen LogP contribution is -2.13. The van der Waals surface area contributed by atoms with Crippen LogP contribution in [0.5, 0.6) is 0 Å². The molecule has 0 bridgehead atoms. The van der Waals surface area contributed by atoms with Crippen LogP contribution >= 0.6 is 0 Å². The second-order valence-corrected chi connectivity index (χ2v) is 6.91. The van der Waals surface area contributed by atoms with E-state index in [1.54, 1.807) is 20.2 Å². The molecule has 3 heterocycles. The van der Waals surface area contributed by atoms with Gasteiger partial charge in [0.15, 0.2) is 15.6 Å². The molecule has 25 heavy (non-hydrogen) atoms. The minimum absolute atomic E-state index is 0.234. The first-order valence-corrected chi connectivity index (χ1v) is 8.59. The van der Waals surface area contributed by atoms with Crippen LogP contribution in [0, 0.1) is 10.1 Å². The van der Waals surface area contributed by atoms with Crippen LogP contribution in [0.2, 0.25) is 0 Å². The van der Waals surface area contributed by atoms with Gasteiger partial charge in [-0.25, -0.2) is 13.4 Å². The van der Waals surface area contributed by atoms with Gasteiger partial charge in [0.2, 0.25) is 0 Å². The SMILES string of the molecule is CC1=CS(=O)(=O)C=CN1/N=C/c1cn(C)nc1-c1ccc([N+](=O)[O-])o1. The normalized spacial score (nSPS) is 16.4. The Morgan fingerprint density at radius 1 is 1.40 bits per heavy atom. The topological polar surface area (TPSA) is 124 Å². The molecule has 0 atom stereocenters. The van der Waals surface area contributed by atoms with Crippen molar-refractivity contribution in [3.05, 3.63) is 56.7 Å². The molecule has 0 amide bonds. The number of aromatic nitrogens is 2. The highest BCUT2D eigenvalue weighted by Crippen LogP contribution is 2.27. The third-order valence-electron chi connectivity index (χ3n) is 3.27. The molecule has 1 aliphatic heterocycles. The van der Waals surface area contributed by atoms with E-state index in [1.807, 2.05) is 0 Å². The molecule has 3 rings (SSSR count). The van der Waals surface area contributed by atoms with Gasteiger partial charge in [0, 0.05) is 25.0 Å². The van der Waals surface area contributed by atoms with Crippen molar-refractivity contribution in [2.75, 3.05) is 0 Å². The molecule has 2 aromatic heterocycles. The molecule has 0 saturated carbocycles. The largest absolute Gasteiger partial charge is 0.433 e. The van der Waals surface area contributed by atoms with E-state index in [4.69, 9.17) is 4.42 Å². The van der Waals surface area contributed by atoms with E-state index in [0.29, 0.717) is 17.0 Å². The van der Waals surface area contributed by atoms with Crippen LogP contribution in [0.4, 0.5) is 5.88 Å². The van der Waals surface area contributed by atoms with Crippen molar-refractivity contribution < 1.29 is 17.8 Å². The summed E-state index contributed by atoms with van der Waals surface area (Å²) < 4.78 is 29.6. The monoisotopic (exact) mass is 363 g/mol. The van der Waals surface area contributed by atoms with Crippen molar-refractivity contribution >= 4 is 21.9 Å². The molecule has 10 nitrogen and oxygen atoms in total. The van der Waals surface area contributed by atoms with Gasteiger partial charge in [-0.15, -0.1) is 0 Å². The zero-order valence-corrected chi connectivity index (χ0v) is 14.0.